The van der Waals surface area contributed by atoms with Crippen molar-refractivity contribution in [3.63, 3.8) is 0 Å². The van der Waals surface area contributed by atoms with E-state index in [9.17, 15) is 18.3 Å². The summed E-state index contributed by atoms with van der Waals surface area (Å²) in [6, 6.07) is 18.5. The molecule has 0 aliphatic rings. The molecule has 0 aliphatic carbocycles. The topological polar surface area (TPSA) is 115 Å². The van der Waals surface area contributed by atoms with Crippen LogP contribution in [0.25, 0.3) is 22.0 Å². The van der Waals surface area contributed by atoms with Crippen LogP contribution in [-0.4, -0.2) is 56.5 Å². The fourth-order valence-electron chi connectivity index (χ4n) is 4.18. The number of carbonyl (C=O) groups is 1. The lowest BCUT2D eigenvalue weighted by atomic mass is 9.87. The van der Waals surface area contributed by atoms with Crippen molar-refractivity contribution < 1.29 is 18.3 Å². The normalized spacial score (nSPS) is 12.2. The van der Waals surface area contributed by atoms with Gasteiger partial charge in [0.1, 0.15) is 11.4 Å². The van der Waals surface area contributed by atoms with Crippen molar-refractivity contribution in [1.29, 1.82) is 0 Å². The SMILES string of the molecule is CN(C)CCNC(=O)c1[nH]c2ccc(NS(=O)(=O)c3ccc(C(C)(C)C)cc3)cc2c1-c1ccc(O)cc1. The van der Waals surface area contributed by atoms with Gasteiger partial charge in [-0.05, 0) is 73.1 Å². The van der Waals surface area contributed by atoms with Gasteiger partial charge in [0, 0.05) is 35.2 Å². The molecule has 0 bridgehead atoms. The maximum Gasteiger partial charge on any atom is 0.268 e. The molecule has 0 saturated carbocycles. The van der Waals surface area contributed by atoms with E-state index in [4.69, 9.17) is 0 Å². The molecule has 4 rings (SSSR count). The standard InChI is InChI=1S/C29H34N4O4S/c1-29(2,3)20-8-13-23(14-9-20)38(36,37)32-21-10-15-25-24(18-21)26(19-6-11-22(34)12-7-19)27(31-25)28(35)30-16-17-33(4)5/h6-15,18,31-32,34H,16-17H2,1-5H3,(H,30,35). The van der Waals surface area contributed by atoms with Crippen LogP contribution in [-0.2, 0) is 15.4 Å². The van der Waals surface area contributed by atoms with Gasteiger partial charge in [-0.1, -0.05) is 45.0 Å². The van der Waals surface area contributed by atoms with E-state index in [1.54, 1.807) is 54.6 Å². The number of nitrogens with zero attached hydrogens (tertiary/aromatic N) is 1. The number of phenolic OH excluding ortho intramolecular Hbond substituents is 1. The Hall–Kier alpha value is -3.82. The summed E-state index contributed by atoms with van der Waals surface area (Å²) in [7, 11) is 0.0239. The summed E-state index contributed by atoms with van der Waals surface area (Å²) in [4.78, 5) is 18.5. The van der Waals surface area contributed by atoms with Gasteiger partial charge in [0.2, 0.25) is 0 Å². The van der Waals surface area contributed by atoms with Gasteiger partial charge >= 0.3 is 0 Å². The van der Waals surface area contributed by atoms with Crippen molar-refractivity contribution in [2.24, 2.45) is 0 Å². The second kappa shape index (κ2) is 10.5. The van der Waals surface area contributed by atoms with Crippen LogP contribution in [0.1, 0.15) is 36.8 Å². The molecule has 9 heteroatoms. The third kappa shape index (κ3) is 6.00. The molecule has 0 fully saturated rings. The van der Waals surface area contributed by atoms with Gasteiger partial charge in [-0.15, -0.1) is 0 Å². The minimum Gasteiger partial charge on any atom is -0.508 e. The average Bonchev–Trinajstić information content (AvgIpc) is 3.22. The molecule has 3 aromatic carbocycles. The minimum atomic E-state index is -3.83. The smallest absolute Gasteiger partial charge is 0.268 e. The maximum absolute atomic E-state index is 13.2. The number of aromatic hydroxyl groups is 1. The van der Waals surface area contributed by atoms with E-state index in [2.05, 4.69) is 35.8 Å². The number of H-pyrrole nitrogens is 1. The Bertz CT molecular complexity index is 1550. The van der Waals surface area contributed by atoms with Crippen LogP contribution < -0.4 is 10.0 Å². The molecular weight excluding hydrogens is 500 g/mol. The Labute approximate surface area is 223 Å². The molecule has 4 aromatic rings. The molecule has 0 radical (unpaired) electrons. The monoisotopic (exact) mass is 534 g/mol. The van der Waals surface area contributed by atoms with E-state index in [-0.39, 0.29) is 22.0 Å². The fraction of sp³-hybridized carbons (Fsp3) is 0.276. The number of hydrogen-bond acceptors (Lipinski definition) is 5. The molecular formula is C29H34N4O4S. The van der Waals surface area contributed by atoms with Crippen LogP contribution in [0.5, 0.6) is 5.75 Å². The predicted octanol–water partition coefficient (Wildman–Crippen LogP) is 4.93. The van der Waals surface area contributed by atoms with Crippen LogP contribution in [0.3, 0.4) is 0 Å². The van der Waals surface area contributed by atoms with Crippen LogP contribution in [0.15, 0.2) is 71.6 Å². The molecule has 4 N–H and O–H groups in total. The maximum atomic E-state index is 13.2. The summed E-state index contributed by atoms with van der Waals surface area (Å²) in [5.74, 6) is -0.163. The Balaban J connectivity index is 1.72. The first kappa shape index (κ1) is 27.2. The third-order valence-corrected chi connectivity index (χ3v) is 7.71. The van der Waals surface area contributed by atoms with Crippen molar-refractivity contribution in [2.45, 2.75) is 31.1 Å². The molecule has 0 spiro atoms. The van der Waals surface area contributed by atoms with E-state index in [0.29, 0.717) is 46.5 Å². The first-order chi connectivity index (χ1) is 17.8. The molecule has 8 nitrogen and oxygen atoms in total. The third-order valence-electron chi connectivity index (χ3n) is 6.31. The summed E-state index contributed by atoms with van der Waals surface area (Å²) in [6.45, 7) is 7.37. The van der Waals surface area contributed by atoms with Crippen molar-refractivity contribution >= 4 is 32.5 Å². The number of hydrogen-bond donors (Lipinski definition) is 4. The van der Waals surface area contributed by atoms with Crippen molar-refractivity contribution in [1.82, 2.24) is 15.2 Å². The number of carbonyl (C=O) groups excluding carboxylic acids is 1. The van der Waals surface area contributed by atoms with Crippen molar-refractivity contribution in [3.05, 3.63) is 78.0 Å². The van der Waals surface area contributed by atoms with Gasteiger partial charge < -0.3 is 20.3 Å². The Kier molecular flexibility index (Phi) is 7.53. The summed E-state index contributed by atoms with van der Waals surface area (Å²) in [5.41, 5.74) is 3.71. The molecule has 1 amide bonds. The second-order valence-corrected chi connectivity index (χ2v) is 12.3. The highest BCUT2D eigenvalue weighted by Gasteiger charge is 2.22. The molecule has 1 heterocycles. The van der Waals surface area contributed by atoms with E-state index >= 15 is 0 Å². The lowest BCUT2D eigenvalue weighted by Crippen LogP contribution is -2.31. The number of amides is 1. The number of aromatic amines is 1. The summed E-state index contributed by atoms with van der Waals surface area (Å²) in [6.07, 6.45) is 0. The number of fused-ring (bicyclic) bond motifs is 1. The molecule has 0 saturated heterocycles. The second-order valence-electron chi connectivity index (χ2n) is 10.6. The highest BCUT2D eigenvalue weighted by atomic mass is 32.2. The highest BCUT2D eigenvalue weighted by Crippen LogP contribution is 2.35. The Morgan fingerprint density at radius 2 is 1.63 bits per heavy atom. The van der Waals surface area contributed by atoms with E-state index < -0.39 is 10.0 Å². The lowest BCUT2D eigenvalue weighted by molar-refractivity contribution is 0.0947. The van der Waals surface area contributed by atoms with Crippen molar-refractivity contribution in [2.75, 3.05) is 31.9 Å². The molecule has 0 unspecified atom stereocenters. The number of phenols is 1. The lowest BCUT2D eigenvalue weighted by Gasteiger charge is -2.19. The summed E-state index contributed by atoms with van der Waals surface area (Å²) < 4.78 is 29.0. The number of anilines is 1. The van der Waals surface area contributed by atoms with E-state index in [1.165, 1.54) is 0 Å². The molecule has 1 aromatic heterocycles. The van der Waals surface area contributed by atoms with Gasteiger partial charge in [-0.2, -0.15) is 0 Å². The van der Waals surface area contributed by atoms with Gasteiger partial charge in [-0.3, -0.25) is 9.52 Å². The number of aromatic nitrogens is 1. The van der Waals surface area contributed by atoms with Crippen molar-refractivity contribution in [3.8, 4) is 16.9 Å². The zero-order valence-electron chi connectivity index (χ0n) is 22.3. The zero-order chi connectivity index (χ0) is 27.7. The first-order valence-corrected chi connectivity index (χ1v) is 13.8. The number of nitrogens with one attached hydrogen (secondary N) is 3. The largest absolute Gasteiger partial charge is 0.508 e. The molecule has 0 aliphatic heterocycles. The highest BCUT2D eigenvalue weighted by molar-refractivity contribution is 7.92. The number of likely N-dealkylation sites (N-methyl/N-ethyl adjacent to an activating group) is 1. The van der Waals surface area contributed by atoms with Gasteiger partial charge in [0.25, 0.3) is 15.9 Å². The van der Waals surface area contributed by atoms with Crippen LogP contribution in [0.4, 0.5) is 5.69 Å². The van der Waals surface area contributed by atoms with Crippen LogP contribution in [0.2, 0.25) is 0 Å². The molecule has 200 valence electrons. The zero-order valence-corrected chi connectivity index (χ0v) is 23.1. The average molecular weight is 535 g/mol. The van der Waals surface area contributed by atoms with Crippen LogP contribution in [0, 0.1) is 0 Å². The first-order valence-electron chi connectivity index (χ1n) is 12.4. The molecule has 0 atom stereocenters. The van der Waals surface area contributed by atoms with Gasteiger partial charge in [0.05, 0.1) is 4.90 Å². The Morgan fingerprint density at radius 1 is 0.974 bits per heavy atom. The minimum absolute atomic E-state index is 0.0872. The summed E-state index contributed by atoms with van der Waals surface area (Å²) >= 11 is 0. The number of rotatable bonds is 8. The van der Waals surface area contributed by atoms with Gasteiger partial charge in [-0.25, -0.2) is 8.42 Å². The number of sulfonamides is 1. The summed E-state index contributed by atoms with van der Waals surface area (Å²) in [5, 5.41) is 13.4. The predicted molar refractivity (Wildman–Crippen MR) is 152 cm³/mol. The van der Waals surface area contributed by atoms with E-state index in [1.807, 2.05) is 31.1 Å². The molecule has 38 heavy (non-hydrogen) atoms. The number of benzene rings is 3. The fourth-order valence-corrected chi connectivity index (χ4v) is 5.23. The van der Waals surface area contributed by atoms with Crippen LogP contribution >= 0.6 is 0 Å². The quantitative estimate of drug-likeness (QED) is 0.256. The van der Waals surface area contributed by atoms with Gasteiger partial charge in [0.15, 0.2) is 0 Å². The van der Waals surface area contributed by atoms with E-state index in [0.717, 1.165) is 5.56 Å². The Morgan fingerprint density at radius 3 is 2.24 bits per heavy atom.